The van der Waals surface area contributed by atoms with Gasteiger partial charge in [-0.25, -0.2) is 0 Å². The van der Waals surface area contributed by atoms with Crippen LogP contribution in [0.1, 0.15) is 20.3 Å². The number of hydrogen-bond donors (Lipinski definition) is 1. The van der Waals surface area contributed by atoms with E-state index in [9.17, 15) is 4.79 Å². The number of rotatable bonds is 4. The molecule has 1 amide bonds. The van der Waals surface area contributed by atoms with E-state index >= 15 is 0 Å². The van der Waals surface area contributed by atoms with E-state index in [2.05, 4.69) is 16.3 Å². The van der Waals surface area contributed by atoms with E-state index in [4.69, 9.17) is 5.26 Å². The molecule has 0 spiro atoms. The van der Waals surface area contributed by atoms with Crippen molar-refractivity contribution in [2.75, 3.05) is 39.8 Å². The summed E-state index contributed by atoms with van der Waals surface area (Å²) in [6, 6.07) is 2.07. The Morgan fingerprint density at radius 3 is 2.59 bits per heavy atom. The Bertz CT molecular complexity index is 302. The number of nitrogens with one attached hydrogen (secondary N) is 1. The van der Waals surface area contributed by atoms with Gasteiger partial charge in [-0.3, -0.25) is 9.69 Å². The fraction of sp³-hybridized carbons (Fsp3) is 0.833. The number of likely N-dealkylation sites (N-methyl/N-ethyl adjacent to an activating group) is 1. The first kappa shape index (κ1) is 13.9. The van der Waals surface area contributed by atoms with Crippen LogP contribution in [0, 0.1) is 11.3 Å². The van der Waals surface area contributed by atoms with E-state index < -0.39 is 5.54 Å². The molecule has 1 aliphatic heterocycles. The van der Waals surface area contributed by atoms with Crippen molar-refractivity contribution in [1.29, 1.82) is 5.26 Å². The second-order valence-electron chi connectivity index (χ2n) is 4.93. The molecule has 1 N–H and O–H groups in total. The van der Waals surface area contributed by atoms with Crippen LogP contribution in [-0.4, -0.2) is 61.0 Å². The lowest BCUT2D eigenvalue weighted by molar-refractivity contribution is -0.141. The topological polar surface area (TPSA) is 59.4 Å². The highest BCUT2D eigenvalue weighted by atomic mass is 16.2. The van der Waals surface area contributed by atoms with Crippen LogP contribution in [-0.2, 0) is 4.79 Å². The van der Waals surface area contributed by atoms with Crippen LogP contribution in [0.3, 0.4) is 0 Å². The number of carbonyl (C=O) groups excluding carboxylic acids is 1. The highest BCUT2D eigenvalue weighted by molar-refractivity contribution is 5.85. The van der Waals surface area contributed by atoms with Gasteiger partial charge in [0.1, 0.15) is 0 Å². The molecule has 1 heterocycles. The molecule has 0 unspecified atom stereocenters. The Morgan fingerprint density at radius 1 is 1.47 bits per heavy atom. The molecule has 5 heteroatoms. The monoisotopic (exact) mass is 238 g/mol. The number of carbonyl (C=O) groups is 1. The average molecular weight is 238 g/mol. The number of hydrogen-bond acceptors (Lipinski definition) is 4. The van der Waals surface area contributed by atoms with Crippen molar-refractivity contribution in [1.82, 2.24) is 15.1 Å². The molecule has 17 heavy (non-hydrogen) atoms. The summed E-state index contributed by atoms with van der Waals surface area (Å²) >= 11 is 0. The zero-order valence-corrected chi connectivity index (χ0v) is 11.0. The summed E-state index contributed by atoms with van der Waals surface area (Å²) in [6.45, 7) is 8.07. The molecule has 1 aliphatic rings. The van der Waals surface area contributed by atoms with Gasteiger partial charge >= 0.3 is 0 Å². The van der Waals surface area contributed by atoms with Crippen molar-refractivity contribution < 1.29 is 4.79 Å². The highest BCUT2D eigenvalue weighted by Crippen LogP contribution is 2.17. The van der Waals surface area contributed by atoms with Crippen LogP contribution in [0.15, 0.2) is 0 Å². The normalized spacial score (nSPS) is 17.5. The maximum Gasteiger partial charge on any atom is 0.242 e. The maximum atomic E-state index is 12.3. The fourth-order valence-electron chi connectivity index (χ4n) is 2.15. The molecular formula is C12H22N4O. The first-order valence-electron chi connectivity index (χ1n) is 6.08. The molecule has 0 radical (unpaired) electrons. The van der Waals surface area contributed by atoms with Gasteiger partial charge in [-0.15, -0.1) is 0 Å². The minimum absolute atomic E-state index is 0.0923. The van der Waals surface area contributed by atoms with E-state index in [1.807, 2.05) is 13.8 Å². The van der Waals surface area contributed by atoms with Crippen molar-refractivity contribution in [2.24, 2.45) is 0 Å². The molecule has 0 saturated carbocycles. The van der Waals surface area contributed by atoms with Gasteiger partial charge in [0.2, 0.25) is 5.91 Å². The van der Waals surface area contributed by atoms with Gasteiger partial charge in [0.15, 0.2) is 0 Å². The predicted molar refractivity (Wildman–Crippen MR) is 66.4 cm³/mol. The van der Waals surface area contributed by atoms with Gasteiger partial charge in [0.05, 0.1) is 18.0 Å². The van der Waals surface area contributed by atoms with Gasteiger partial charge in [0, 0.05) is 39.8 Å². The van der Waals surface area contributed by atoms with E-state index in [-0.39, 0.29) is 5.91 Å². The zero-order valence-electron chi connectivity index (χ0n) is 11.0. The first-order chi connectivity index (χ1) is 8.00. The third-order valence-electron chi connectivity index (χ3n) is 3.34. The second kappa shape index (κ2) is 5.99. The summed E-state index contributed by atoms with van der Waals surface area (Å²) in [6.07, 6.45) is 0.389. The van der Waals surface area contributed by atoms with Crippen LogP contribution in [0.5, 0.6) is 0 Å². The minimum Gasteiger partial charge on any atom is -0.343 e. The predicted octanol–water partition coefficient (Wildman–Crippen LogP) is 0.0423. The smallest absolute Gasteiger partial charge is 0.242 e. The summed E-state index contributed by atoms with van der Waals surface area (Å²) in [5.74, 6) is 0.0923. The Hall–Kier alpha value is -1.12. The van der Waals surface area contributed by atoms with E-state index in [0.29, 0.717) is 13.0 Å². The molecule has 1 rings (SSSR count). The van der Waals surface area contributed by atoms with E-state index in [1.54, 1.807) is 11.9 Å². The number of piperazine rings is 1. The fourth-order valence-corrected chi connectivity index (χ4v) is 2.15. The van der Waals surface area contributed by atoms with Crippen LogP contribution in [0.4, 0.5) is 0 Å². The highest BCUT2D eigenvalue weighted by Gasteiger charge is 2.36. The number of amides is 1. The van der Waals surface area contributed by atoms with Gasteiger partial charge in [0.25, 0.3) is 0 Å². The van der Waals surface area contributed by atoms with Crippen molar-refractivity contribution in [3.63, 3.8) is 0 Å². The lowest BCUT2D eigenvalue weighted by atomic mass is 9.99. The lowest BCUT2D eigenvalue weighted by Crippen LogP contribution is -2.60. The van der Waals surface area contributed by atoms with Gasteiger partial charge in [-0.05, 0) is 13.8 Å². The average Bonchev–Trinajstić information content (AvgIpc) is 2.36. The van der Waals surface area contributed by atoms with Crippen molar-refractivity contribution in [3.8, 4) is 6.07 Å². The first-order valence-corrected chi connectivity index (χ1v) is 6.08. The molecule has 1 fully saturated rings. The molecule has 0 bridgehead atoms. The third-order valence-corrected chi connectivity index (χ3v) is 3.34. The standard InChI is InChI=1S/C12H22N4O/c1-12(2,16-9-6-14-7-10-16)11(17)15(3)8-4-5-13/h14H,4,6-10H2,1-3H3. The Morgan fingerprint density at radius 2 is 2.06 bits per heavy atom. The van der Waals surface area contributed by atoms with E-state index in [1.165, 1.54) is 0 Å². The Labute approximate surface area is 103 Å². The van der Waals surface area contributed by atoms with Gasteiger partial charge in [-0.2, -0.15) is 5.26 Å². The molecule has 96 valence electrons. The van der Waals surface area contributed by atoms with Crippen LogP contribution in [0.25, 0.3) is 0 Å². The van der Waals surface area contributed by atoms with Crippen LogP contribution in [0.2, 0.25) is 0 Å². The van der Waals surface area contributed by atoms with Gasteiger partial charge < -0.3 is 10.2 Å². The number of nitrogens with zero attached hydrogens (tertiary/aromatic N) is 3. The van der Waals surface area contributed by atoms with Gasteiger partial charge in [-0.1, -0.05) is 0 Å². The largest absolute Gasteiger partial charge is 0.343 e. The summed E-state index contributed by atoms with van der Waals surface area (Å²) in [5, 5.41) is 11.8. The van der Waals surface area contributed by atoms with Crippen molar-refractivity contribution >= 4 is 5.91 Å². The molecule has 0 aromatic rings. The molecular weight excluding hydrogens is 216 g/mol. The summed E-state index contributed by atoms with van der Waals surface area (Å²) < 4.78 is 0. The molecule has 0 aliphatic carbocycles. The van der Waals surface area contributed by atoms with Crippen LogP contribution < -0.4 is 5.32 Å². The Balaban J connectivity index is 2.61. The number of nitriles is 1. The maximum absolute atomic E-state index is 12.3. The lowest BCUT2D eigenvalue weighted by Gasteiger charge is -2.41. The zero-order chi connectivity index (χ0) is 12.9. The Kier molecular flexibility index (Phi) is 4.91. The minimum atomic E-state index is -0.480. The molecule has 5 nitrogen and oxygen atoms in total. The van der Waals surface area contributed by atoms with Crippen molar-refractivity contribution in [2.45, 2.75) is 25.8 Å². The summed E-state index contributed by atoms with van der Waals surface area (Å²) in [7, 11) is 1.77. The third kappa shape index (κ3) is 3.42. The quantitative estimate of drug-likeness (QED) is 0.751. The second-order valence-corrected chi connectivity index (χ2v) is 4.93. The molecule has 0 aromatic heterocycles. The molecule has 0 atom stereocenters. The summed E-state index contributed by atoms with van der Waals surface area (Å²) in [5.41, 5.74) is -0.480. The van der Waals surface area contributed by atoms with Crippen molar-refractivity contribution in [3.05, 3.63) is 0 Å². The molecule has 0 aromatic carbocycles. The van der Waals surface area contributed by atoms with E-state index in [0.717, 1.165) is 26.2 Å². The SMILES string of the molecule is CN(CCC#N)C(=O)C(C)(C)N1CCNCC1. The van der Waals surface area contributed by atoms with Crippen LogP contribution >= 0.6 is 0 Å². The molecule has 1 saturated heterocycles. The summed E-state index contributed by atoms with van der Waals surface area (Å²) in [4.78, 5) is 16.2.